The molecule has 3 aromatic rings. The van der Waals surface area contributed by atoms with Crippen molar-refractivity contribution in [1.82, 2.24) is 14.7 Å². The van der Waals surface area contributed by atoms with Crippen LogP contribution in [0.5, 0.6) is 0 Å². The average molecular weight is 654 g/mol. The molecule has 1 N–H and O–H groups in total. The van der Waals surface area contributed by atoms with Gasteiger partial charge in [-0.2, -0.15) is 9.94 Å². The van der Waals surface area contributed by atoms with E-state index >= 15 is 0 Å². The Labute approximate surface area is 273 Å². The lowest BCUT2D eigenvalue weighted by atomic mass is 9.97. The zero-order chi connectivity index (χ0) is 33.3. The van der Waals surface area contributed by atoms with Crippen molar-refractivity contribution in [3.05, 3.63) is 47.0 Å². The van der Waals surface area contributed by atoms with Crippen molar-refractivity contribution in [3.63, 3.8) is 0 Å². The molecule has 1 saturated heterocycles. The molecule has 2 heterocycles. The SMILES string of the molecule is COCCCOCCCOC(=O)n1nc(NC(=O)C2CCCN(C(=O)OC(C)(C)C)C2)c2cc(-c3cc(C#N)ccc3Cl)ccc21. The van der Waals surface area contributed by atoms with E-state index < -0.39 is 23.7 Å². The van der Waals surface area contributed by atoms with Crippen molar-refractivity contribution in [2.45, 2.75) is 52.1 Å². The van der Waals surface area contributed by atoms with E-state index in [-0.39, 0.29) is 24.9 Å². The van der Waals surface area contributed by atoms with Gasteiger partial charge in [-0.15, -0.1) is 5.10 Å². The quantitative estimate of drug-likeness (QED) is 0.238. The second kappa shape index (κ2) is 15.9. The number of likely N-dealkylation sites (tertiary alicyclic amines) is 1. The lowest BCUT2D eigenvalue weighted by Gasteiger charge is -2.33. The van der Waals surface area contributed by atoms with Gasteiger partial charge in [0.25, 0.3) is 0 Å². The van der Waals surface area contributed by atoms with Crippen LogP contribution in [0.3, 0.4) is 0 Å². The van der Waals surface area contributed by atoms with Crippen LogP contribution >= 0.6 is 11.6 Å². The molecule has 0 radical (unpaired) electrons. The van der Waals surface area contributed by atoms with Crippen LogP contribution in [0.15, 0.2) is 36.4 Å². The summed E-state index contributed by atoms with van der Waals surface area (Å²) in [6, 6.07) is 12.3. The fourth-order valence-electron chi connectivity index (χ4n) is 5.02. The summed E-state index contributed by atoms with van der Waals surface area (Å²) in [5.41, 5.74) is 1.46. The molecule has 2 aromatic carbocycles. The number of piperidine rings is 1. The van der Waals surface area contributed by atoms with Gasteiger partial charge < -0.3 is 29.2 Å². The summed E-state index contributed by atoms with van der Waals surface area (Å²) in [5, 5.41) is 17.6. The molecule has 1 fully saturated rings. The predicted octanol–water partition coefficient (Wildman–Crippen LogP) is 6.24. The number of nitriles is 1. The number of amides is 2. The van der Waals surface area contributed by atoms with E-state index in [2.05, 4.69) is 16.5 Å². The molecule has 1 aliphatic heterocycles. The second-order valence-electron chi connectivity index (χ2n) is 12.0. The maximum Gasteiger partial charge on any atom is 0.435 e. The van der Waals surface area contributed by atoms with E-state index in [0.717, 1.165) is 11.1 Å². The fourth-order valence-corrected chi connectivity index (χ4v) is 5.25. The number of fused-ring (bicyclic) bond motifs is 1. The number of ether oxygens (including phenoxy) is 4. The van der Waals surface area contributed by atoms with Crippen LogP contribution in [0.1, 0.15) is 52.0 Å². The summed E-state index contributed by atoms with van der Waals surface area (Å²) in [5.74, 6) is -0.696. The molecule has 1 aliphatic rings. The van der Waals surface area contributed by atoms with Crippen LogP contribution in [0.2, 0.25) is 5.02 Å². The van der Waals surface area contributed by atoms with Gasteiger partial charge in [-0.1, -0.05) is 17.7 Å². The number of benzene rings is 2. The number of hydrogen-bond acceptors (Lipinski definition) is 9. The summed E-state index contributed by atoms with van der Waals surface area (Å²) in [7, 11) is 1.63. The number of nitrogens with one attached hydrogen (secondary N) is 1. The van der Waals surface area contributed by atoms with Gasteiger partial charge in [-0.05, 0) is 75.9 Å². The molecule has 1 aromatic heterocycles. The van der Waals surface area contributed by atoms with Gasteiger partial charge in [-0.25, -0.2) is 9.59 Å². The Hall–Kier alpha value is -4.18. The zero-order valence-electron chi connectivity index (χ0n) is 26.6. The molecule has 12 nitrogen and oxygen atoms in total. The molecule has 2 amide bonds. The van der Waals surface area contributed by atoms with E-state index in [1.54, 1.807) is 64.3 Å². The number of carbonyl (C=O) groups excluding carboxylic acids is 3. The Bertz CT molecular complexity index is 1590. The Kier molecular flexibility index (Phi) is 12.0. The molecule has 46 heavy (non-hydrogen) atoms. The zero-order valence-corrected chi connectivity index (χ0v) is 27.4. The summed E-state index contributed by atoms with van der Waals surface area (Å²) in [6.07, 6.45) is 1.29. The Balaban J connectivity index is 1.56. The second-order valence-corrected chi connectivity index (χ2v) is 12.4. The number of aromatic nitrogens is 2. The molecule has 1 unspecified atom stereocenters. The number of methoxy groups -OCH3 is 1. The minimum atomic E-state index is -0.712. The number of hydrogen-bond donors (Lipinski definition) is 1. The lowest BCUT2D eigenvalue weighted by Crippen LogP contribution is -2.45. The first-order chi connectivity index (χ1) is 22.0. The number of halogens is 1. The standard InChI is InChI=1S/C33H40ClN5O7/c1-33(2,3)46-31(41)38-13-5-8-24(21-38)30(40)36-29-26-19-23(25-18-22(20-35)9-11-27(25)34)10-12-28(26)39(37-29)32(42)45-17-7-16-44-15-6-14-43-4/h9-12,18-19,24H,5-8,13-17,21H2,1-4H3,(H,36,37,40). The third kappa shape index (κ3) is 9.19. The first-order valence-corrected chi connectivity index (χ1v) is 15.6. The van der Waals surface area contributed by atoms with Crippen LogP contribution in [0.25, 0.3) is 22.0 Å². The lowest BCUT2D eigenvalue weighted by molar-refractivity contribution is -0.121. The average Bonchev–Trinajstić information content (AvgIpc) is 3.39. The third-order valence-electron chi connectivity index (χ3n) is 7.24. The van der Waals surface area contributed by atoms with Gasteiger partial charge in [0.15, 0.2) is 5.82 Å². The van der Waals surface area contributed by atoms with Crippen molar-refractivity contribution < 1.29 is 33.3 Å². The smallest absolute Gasteiger partial charge is 0.435 e. The Morgan fingerprint density at radius 3 is 2.54 bits per heavy atom. The van der Waals surface area contributed by atoms with Gasteiger partial charge in [0.05, 0.1) is 29.7 Å². The van der Waals surface area contributed by atoms with Crippen LogP contribution in [-0.2, 0) is 23.7 Å². The summed E-state index contributed by atoms with van der Waals surface area (Å²) in [4.78, 5) is 40.9. The third-order valence-corrected chi connectivity index (χ3v) is 7.57. The van der Waals surface area contributed by atoms with E-state index in [1.807, 2.05) is 0 Å². The predicted molar refractivity (Wildman–Crippen MR) is 173 cm³/mol. The Morgan fingerprint density at radius 2 is 1.83 bits per heavy atom. The first-order valence-electron chi connectivity index (χ1n) is 15.3. The summed E-state index contributed by atoms with van der Waals surface area (Å²) in [6.45, 7) is 7.76. The largest absolute Gasteiger partial charge is 0.448 e. The molecule has 13 heteroatoms. The molecule has 246 valence electrons. The monoisotopic (exact) mass is 653 g/mol. The molecule has 0 saturated carbocycles. The minimum absolute atomic E-state index is 0.114. The van der Waals surface area contributed by atoms with Gasteiger partial charge in [0, 0.05) is 62.4 Å². The normalized spacial score (nSPS) is 15.0. The van der Waals surface area contributed by atoms with E-state index in [1.165, 1.54) is 4.90 Å². The van der Waals surface area contributed by atoms with Gasteiger partial charge in [-0.3, -0.25) is 4.79 Å². The number of anilines is 1. The summed E-state index contributed by atoms with van der Waals surface area (Å²) >= 11 is 6.48. The molecule has 0 bridgehead atoms. The van der Waals surface area contributed by atoms with Gasteiger partial charge in [0.2, 0.25) is 5.91 Å². The molecule has 0 aliphatic carbocycles. The summed E-state index contributed by atoms with van der Waals surface area (Å²) < 4.78 is 22.6. The van der Waals surface area contributed by atoms with Crippen molar-refractivity contribution in [2.75, 3.05) is 51.9 Å². The molecular weight excluding hydrogens is 614 g/mol. The first kappa shape index (κ1) is 34.7. The highest BCUT2D eigenvalue weighted by Gasteiger charge is 2.32. The van der Waals surface area contributed by atoms with Gasteiger partial charge >= 0.3 is 12.2 Å². The van der Waals surface area contributed by atoms with Crippen molar-refractivity contribution in [2.24, 2.45) is 5.92 Å². The minimum Gasteiger partial charge on any atom is -0.448 e. The highest BCUT2D eigenvalue weighted by atomic mass is 35.5. The van der Waals surface area contributed by atoms with Crippen LogP contribution in [0, 0.1) is 17.2 Å². The number of nitrogens with zero attached hydrogens (tertiary/aromatic N) is 4. The highest BCUT2D eigenvalue weighted by Crippen LogP contribution is 2.34. The van der Waals surface area contributed by atoms with Crippen LogP contribution in [-0.4, -0.2) is 85.0 Å². The highest BCUT2D eigenvalue weighted by molar-refractivity contribution is 6.33. The number of carbonyl (C=O) groups is 3. The van der Waals surface area contributed by atoms with E-state index in [0.29, 0.717) is 78.2 Å². The van der Waals surface area contributed by atoms with Crippen LogP contribution < -0.4 is 5.32 Å². The van der Waals surface area contributed by atoms with E-state index in [9.17, 15) is 19.6 Å². The van der Waals surface area contributed by atoms with Crippen molar-refractivity contribution >= 4 is 46.4 Å². The molecule has 0 spiro atoms. The molecule has 1 atom stereocenters. The van der Waals surface area contributed by atoms with Gasteiger partial charge in [0.1, 0.15) is 5.60 Å². The maximum atomic E-state index is 13.5. The molecule has 4 rings (SSSR count). The van der Waals surface area contributed by atoms with E-state index in [4.69, 9.17) is 30.5 Å². The number of rotatable bonds is 11. The van der Waals surface area contributed by atoms with Crippen LogP contribution in [0.4, 0.5) is 15.4 Å². The fraction of sp³-hybridized carbons (Fsp3) is 0.485. The maximum absolute atomic E-state index is 13.5. The van der Waals surface area contributed by atoms with Crippen molar-refractivity contribution in [3.8, 4) is 17.2 Å². The molecular formula is C33H40ClN5O7. The van der Waals surface area contributed by atoms with Crippen molar-refractivity contribution in [1.29, 1.82) is 5.26 Å². The topological polar surface area (TPSA) is 145 Å². The Morgan fingerprint density at radius 1 is 1.07 bits per heavy atom.